The minimum Gasteiger partial charge on any atom is -0.481 e. The number of hydrogen-bond acceptors (Lipinski definition) is 1. The van der Waals surface area contributed by atoms with E-state index in [1.165, 1.54) is 70.6 Å². The maximum absolute atomic E-state index is 10.3. The quantitative estimate of drug-likeness (QED) is 0.247. The Balaban J connectivity index is 0. The van der Waals surface area contributed by atoms with Crippen LogP contribution in [0.5, 0.6) is 0 Å². The summed E-state index contributed by atoms with van der Waals surface area (Å²) in [4.78, 5) is 10.3. The van der Waals surface area contributed by atoms with Crippen molar-refractivity contribution in [2.24, 2.45) is 0 Å². The van der Waals surface area contributed by atoms with Crippen LogP contribution in [0.1, 0.15) is 96.8 Å². The summed E-state index contributed by atoms with van der Waals surface area (Å²) in [6.07, 6.45) is 21.2. The molecule has 0 fully saturated rings. The molecule has 0 rings (SSSR count). The Morgan fingerprint density at radius 2 is 1.19 bits per heavy atom. The van der Waals surface area contributed by atoms with Crippen LogP contribution < -0.4 is 0 Å². The molecule has 0 spiro atoms. The molecule has 126 valence electrons. The first kappa shape index (κ1) is 23.8. The summed E-state index contributed by atoms with van der Waals surface area (Å²) < 4.78 is 0. The van der Waals surface area contributed by atoms with Gasteiger partial charge in [-0.15, -0.1) is 0 Å². The van der Waals surface area contributed by atoms with Crippen molar-refractivity contribution < 1.29 is 49.8 Å². The number of allylic oxidation sites excluding steroid dienone is 2. The molecule has 0 unspecified atom stereocenters. The number of aliphatic carboxylic acids is 1. The van der Waals surface area contributed by atoms with Gasteiger partial charge in [-0.3, -0.25) is 4.79 Å². The van der Waals surface area contributed by atoms with Gasteiger partial charge in [0.2, 0.25) is 0 Å². The first-order chi connectivity index (χ1) is 9.77. The third-order valence-electron chi connectivity index (χ3n) is 3.65. The van der Waals surface area contributed by atoms with E-state index in [0.29, 0.717) is 6.42 Å². The van der Waals surface area contributed by atoms with E-state index in [2.05, 4.69) is 19.1 Å². The number of carboxylic acids is 1. The SMILES string of the molecule is CCCCCCCCC=CCCCCCCCC(=O)O.[Gd]. The van der Waals surface area contributed by atoms with Gasteiger partial charge in [-0.1, -0.05) is 70.4 Å². The van der Waals surface area contributed by atoms with Gasteiger partial charge in [-0.2, -0.15) is 0 Å². The second kappa shape index (κ2) is 20.5. The van der Waals surface area contributed by atoms with Gasteiger partial charge in [0, 0.05) is 46.4 Å². The van der Waals surface area contributed by atoms with Crippen LogP contribution in [0, 0.1) is 39.9 Å². The Morgan fingerprint density at radius 3 is 1.67 bits per heavy atom. The zero-order chi connectivity index (χ0) is 14.9. The van der Waals surface area contributed by atoms with Crippen molar-refractivity contribution in [3.63, 3.8) is 0 Å². The molecule has 0 aromatic rings. The van der Waals surface area contributed by atoms with Gasteiger partial charge in [-0.25, -0.2) is 0 Å². The van der Waals surface area contributed by atoms with Gasteiger partial charge in [-0.05, 0) is 32.1 Å². The van der Waals surface area contributed by atoms with Gasteiger partial charge in [0.15, 0.2) is 0 Å². The number of carbonyl (C=O) groups is 1. The van der Waals surface area contributed by atoms with E-state index in [-0.39, 0.29) is 39.9 Å². The van der Waals surface area contributed by atoms with Gasteiger partial charge in [0.05, 0.1) is 0 Å². The van der Waals surface area contributed by atoms with E-state index < -0.39 is 5.97 Å². The van der Waals surface area contributed by atoms with E-state index in [0.717, 1.165) is 12.8 Å². The zero-order valence-corrected chi connectivity index (χ0v) is 16.0. The monoisotopic (exact) mass is 440 g/mol. The third-order valence-corrected chi connectivity index (χ3v) is 3.65. The van der Waals surface area contributed by atoms with E-state index >= 15 is 0 Å². The maximum Gasteiger partial charge on any atom is 0.303 e. The first-order valence-electron chi connectivity index (χ1n) is 8.64. The molecule has 1 N–H and O–H groups in total. The first-order valence-corrected chi connectivity index (χ1v) is 8.64. The van der Waals surface area contributed by atoms with Crippen molar-refractivity contribution in [1.29, 1.82) is 0 Å². The Bertz CT molecular complexity index is 239. The molecule has 0 amide bonds. The Labute approximate surface area is 163 Å². The average Bonchev–Trinajstić information content (AvgIpc) is 2.43. The number of rotatable bonds is 15. The van der Waals surface area contributed by atoms with Crippen molar-refractivity contribution in [2.75, 3.05) is 0 Å². The average molecular weight is 440 g/mol. The summed E-state index contributed by atoms with van der Waals surface area (Å²) in [5.74, 6) is -0.664. The molecule has 0 saturated carbocycles. The molecule has 0 aliphatic heterocycles. The largest absolute Gasteiger partial charge is 0.481 e. The fraction of sp³-hybridized carbons (Fsp3) is 0.833. The summed E-state index contributed by atoms with van der Waals surface area (Å²) >= 11 is 0. The summed E-state index contributed by atoms with van der Waals surface area (Å²) in [5, 5.41) is 8.51. The normalized spacial score (nSPS) is 10.7. The van der Waals surface area contributed by atoms with Gasteiger partial charge in [0.25, 0.3) is 0 Å². The molecule has 3 heteroatoms. The van der Waals surface area contributed by atoms with E-state index in [4.69, 9.17) is 5.11 Å². The predicted molar refractivity (Wildman–Crippen MR) is 87.1 cm³/mol. The minimum atomic E-state index is -0.664. The van der Waals surface area contributed by atoms with Crippen LogP contribution in [-0.4, -0.2) is 11.1 Å². The Hall–Kier alpha value is 0.535. The van der Waals surface area contributed by atoms with Crippen molar-refractivity contribution in [1.82, 2.24) is 0 Å². The molecule has 0 atom stereocenters. The smallest absolute Gasteiger partial charge is 0.303 e. The standard InChI is InChI=1S/C18H34O2.Gd/c1-2-3-4-5-6-7-8-9-10-11-12-13-14-15-16-17-18(19)20;/h9-10H,2-8,11-17H2,1H3,(H,19,20);. The van der Waals surface area contributed by atoms with Crippen LogP contribution in [0.2, 0.25) is 0 Å². The molecule has 0 aliphatic rings. The molecule has 0 saturated heterocycles. The van der Waals surface area contributed by atoms with Crippen LogP contribution >= 0.6 is 0 Å². The number of carboxylic acid groups (broad SMARTS) is 1. The molecule has 0 aromatic carbocycles. The summed E-state index contributed by atoms with van der Waals surface area (Å²) in [5.41, 5.74) is 0. The second-order valence-corrected chi connectivity index (χ2v) is 5.73. The van der Waals surface area contributed by atoms with Gasteiger partial charge < -0.3 is 5.11 Å². The second-order valence-electron chi connectivity index (χ2n) is 5.73. The van der Waals surface area contributed by atoms with Crippen LogP contribution in [-0.2, 0) is 4.79 Å². The summed E-state index contributed by atoms with van der Waals surface area (Å²) in [6, 6.07) is 0. The Kier molecular flexibility index (Phi) is 23.3. The van der Waals surface area contributed by atoms with Gasteiger partial charge >= 0.3 is 5.97 Å². The molecule has 0 radical (unpaired) electrons. The van der Waals surface area contributed by atoms with E-state index in [9.17, 15) is 4.79 Å². The van der Waals surface area contributed by atoms with E-state index in [1.54, 1.807) is 0 Å². The summed E-state index contributed by atoms with van der Waals surface area (Å²) in [6.45, 7) is 2.26. The van der Waals surface area contributed by atoms with Crippen LogP contribution in [0.4, 0.5) is 0 Å². The maximum atomic E-state index is 10.3. The molecule has 0 bridgehead atoms. The fourth-order valence-corrected chi connectivity index (χ4v) is 2.35. The number of unbranched alkanes of at least 4 members (excludes halogenated alkanes) is 11. The van der Waals surface area contributed by atoms with Gasteiger partial charge in [0.1, 0.15) is 0 Å². The molecule has 0 heterocycles. The number of hydrogen-bond donors (Lipinski definition) is 1. The van der Waals surface area contributed by atoms with Crippen molar-refractivity contribution >= 4 is 5.97 Å². The minimum absolute atomic E-state index is 0. The predicted octanol–water partition coefficient (Wildman–Crippen LogP) is 6.11. The van der Waals surface area contributed by atoms with Crippen LogP contribution in [0.15, 0.2) is 12.2 Å². The molecular formula is C18H34GdO2. The molecule has 0 aromatic heterocycles. The topological polar surface area (TPSA) is 37.3 Å². The van der Waals surface area contributed by atoms with Crippen molar-refractivity contribution in [3.05, 3.63) is 12.2 Å². The van der Waals surface area contributed by atoms with Crippen LogP contribution in [0.3, 0.4) is 0 Å². The Morgan fingerprint density at radius 1 is 0.762 bits per heavy atom. The molecule has 0 aliphatic carbocycles. The molecular weight excluding hydrogens is 405 g/mol. The van der Waals surface area contributed by atoms with Crippen molar-refractivity contribution in [3.8, 4) is 0 Å². The van der Waals surface area contributed by atoms with Crippen molar-refractivity contribution in [2.45, 2.75) is 96.8 Å². The van der Waals surface area contributed by atoms with Crippen LogP contribution in [0.25, 0.3) is 0 Å². The van der Waals surface area contributed by atoms with E-state index in [1.807, 2.05) is 0 Å². The summed E-state index contributed by atoms with van der Waals surface area (Å²) in [7, 11) is 0. The fourth-order valence-electron chi connectivity index (χ4n) is 2.35. The molecule has 21 heavy (non-hydrogen) atoms. The molecule has 2 nitrogen and oxygen atoms in total. The zero-order valence-electron chi connectivity index (χ0n) is 13.8. The third kappa shape index (κ3) is 22.9.